The summed E-state index contributed by atoms with van der Waals surface area (Å²) in [7, 11) is 0. The second-order valence-corrected chi connectivity index (χ2v) is 5.68. The van der Waals surface area contributed by atoms with Crippen LogP contribution in [0.2, 0.25) is 0 Å². The zero-order valence-electron chi connectivity index (χ0n) is 10.5. The van der Waals surface area contributed by atoms with Crippen LogP contribution in [0.1, 0.15) is 11.4 Å². The highest BCUT2D eigenvalue weighted by Gasteiger charge is 2.19. The monoisotopic (exact) mass is 268 g/mol. The lowest BCUT2D eigenvalue weighted by Crippen LogP contribution is -2.04. The lowest BCUT2D eigenvalue weighted by molar-refractivity contribution is 0.758. The summed E-state index contributed by atoms with van der Waals surface area (Å²) in [5.74, 6) is 2.75. The zero-order valence-corrected chi connectivity index (χ0v) is 11.3. The zero-order chi connectivity index (χ0) is 12.8. The van der Waals surface area contributed by atoms with Gasteiger partial charge in [-0.2, -0.15) is 4.68 Å². The molecule has 1 aliphatic rings. The van der Waals surface area contributed by atoms with Crippen molar-refractivity contribution in [3.8, 4) is 5.82 Å². The van der Waals surface area contributed by atoms with Gasteiger partial charge in [0.15, 0.2) is 11.0 Å². The van der Waals surface area contributed by atoms with Gasteiger partial charge in [-0.1, -0.05) is 30.0 Å². The van der Waals surface area contributed by atoms with E-state index >= 15 is 0 Å². The summed E-state index contributed by atoms with van der Waals surface area (Å²) in [6.45, 7) is 1.92. The maximum Gasteiger partial charge on any atom is 0.192 e. The molecule has 0 saturated carbocycles. The fraction of sp³-hybridized carbons (Fsp3) is 0.214. The van der Waals surface area contributed by atoms with Gasteiger partial charge >= 0.3 is 0 Å². The van der Waals surface area contributed by atoms with E-state index in [1.807, 2.05) is 29.8 Å². The standard InChI is InChI=1S/C14H12N4S/c1-9-15-14-18(17-9)13-11(6-7-19-14)8-10-4-2-3-5-12(10)16-13/h2-5,8H,6-7H2,1H3. The Labute approximate surface area is 114 Å². The van der Waals surface area contributed by atoms with Crippen LogP contribution >= 0.6 is 11.8 Å². The minimum atomic E-state index is 0.797. The quantitative estimate of drug-likeness (QED) is 0.629. The van der Waals surface area contributed by atoms with Crippen LogP contribution in [0, 0.1) is 6.92 Å². The molecule has 5 heteroatoms. The van der Waals surface area contributed by atoms with Crippen LogP contribution < -0.4 is 0 Å². The van der Waals surface area contributed by atoms with Gasteiger partial charge in [-0.3, -0.25) is 0 Å². The first kappa shape index (κ1) is 11.0. The third kappa shape index (κ3) is 1.73. The number of fused-ring (bicyclic) bond motifs is 4. The van der Waals surface area contributed by atoms with Crippen molar-refractivity contribution >= 4 is 22.7 Å². The number of aryl methyl sites for hydroxylation is 2. The van der Waals surface area contributed by atoms with Crippen molar-refractivity contribution in [3.05, 3.63) is 41.7 Å². The van der Waals surface area contributed by atoms with E-state index < -0.39 is 0 Å². The molecule has 0 aliphatic carbocycles. The molecular formula is C14H12N4S. The van der Waals surface area contributed by atoms with Crippen LogP contribution in [0.15, 0.2) is 35.5 Å². The molecule has 19 heavy (non-hydrogen) atoms. The van der Waals surface area contributed by atoms with E-state index in [9.17, 15) is 0 Å². The molecule has 0 saturated heterocycles. The predicted octanol–water partition coefficient (Wildman–Crippen LogP) is 2.77. The normalized spacial score (nSPS) is 13.9. The first-order chi connectivity index (χ1) is 9.31. The van der Waals surface area contributed by atoms with E-state index in [0.717, 1.165) is 34.5 Å². The number of benzene rings is 1. The van der Waals surface area contributed by atoms with Gasteiger partial charge in [0.05, 0.1) is 5.52 Å². The van der Waals surface area contributed by atoms with Crippen molar-refractivity contribution < 1.29 is 0 Å². The van der Waals surface area contributed by atoms with E-state index in [1.54, 1.807) is 11.8 Å². The molecule has 94 valence electrons. The molecule has 4 nitrogen and oxygen atoms in total. The molecule has 0 spiro atoms. The molecule has 0 radical (unpaired) electrons. The van der Waals surface area contributed by atoms with E-state index in [0.29, 0.717) is 0 Å². The van der Waals surface area contributed by atoms with Gasteiger partial charge in [0.1, 0.15) is 5.82 Å². The lowest BCUT2D eigenvalue weighted by atomic mass is 10.1. The van der Waals surface area contributed by atoms with Crippen molar-refractivity contribution in [2.45, 2.75) is 18.5 Å². The van der Waals surface area contributed by atoms with Gasteiger partial charge in [-0.25, -0.2) is 9.97 Å². The minimum Gasteiger partial charge on any atom is -0.228 e. The summed E-state index contributed by atoms with van der Waals surface area (Å²) >= 11 is 1.74. The first-order valence-electron chi connectivity index (χ1n) is 6.27. The van der Waals surface area contributed by atoms with E-state index in [2.05, 4.69) is 22.2 Å². The smallest absolute Gasteiger partial charge is 0.192 e. The largest absolute Gasteiger partial charge is 0.228 e. The fourth-order valence-corrected chi connectivity index (χ4v) is 3.35. The van der Waals surface area contributed by atoms with Gasteiger partial charge in [0.25, 0.3) is 0 Å². The molecule has 0 amide bonds. The molecule has 1 aliphatic heterocycles. The molecule has 0 atom stereocenters. The molecule has 3 heterocycles. The first-order valence-corrected chi connectivity index (χ1v) is 7.25. The number of nitrogens with zero attached hydrogens (tertiary/aromatic N) is 4. The molecule has 3 aromatic rings. The molecule has 1 aromatic carbocycles. The van der Waals surface area contributed by atoms with Crippen LogP contribution in [-0.4, -0.2) is 25.5 Å². The Kier molecular flexibility index (Phi) is 2.35. The van der Waals surface area contributed by atoms with Crippen LogP contribution in [0.4, 0.5) is 0 Å². The lowest BCUT2D eigenvalue weighted by Gasteiger charge is -2.07. The second-order valence-electron chi connectivity index (χ2n) is 4.62. The summed E-state index contributed by atoms with van der Waals surface area (Å²) in [5, 5.41) is 6.61. The number of hydrogen-bond acceptors (Lipinski definition) is 4. The maximum atomic E-state index is 4.78. The number of hydrogen-bond donors (Lipinski definition) is 0. The van der Waals surface area contributed by atoms with Gasteiger partial charge in [-0.15, -0.1) is 5.10 Å². The average molecular weight is 268 g/mol. The van der Waals surface area contributed by atoms with Crippen molar-refractivity contribution in [1.29, 1.82) is 0 Å². The fourth-order valence-electron chi connectivity index (χ4n) is 2.40. The Morgan fingerprint density at radius 3 is 3.05 bits per heavy atom. The van der Waals surface area contributed by atoms with Gasteiger partial charge in [-0.05, 0) is 31.0 Å². The highest BCUT2D eigenvalue weighted by Crippen LogP contribution is 2.29. The van der Waals surface area contributed by atoms with Gasteiger partial charge in [0, 0.05) is 11.1 Å². The second kappa shape index (κ2) is 4.06. The van der Waals surface area contributed by atoms with E-state index in [-0.39, 0.29) is 0 Å². The summed E-state index contributed by atoms with van der Waals surface area (Å²) in [5.41, 5.74) is 2.25. The van der Waals surface area contributed by atoms with Crippen molar-refractivity contribution in [3.63, 3.8) is 0 Å². The van der Waals surface area contributed by atoms with Crippen LogP contribution in [0.3, 0.4) is 0 Å². The Balaban J connectivity index is 2.05. The molecule has 0 unspecified atom stereocenters. The molecule has 2 aromatic heterocycles. The molecule has 0 N–H and O–H groups in total. The number of pyridine rings is 1. The van der Waals surface area contributed by atoms with E-state index in [1.165, 1.54) is 10.9 Å². The average Bonchev–Trinajstić information content (AvgIpc) is 2.71. The minimum absolute atomic E-state index is 0.797. The molecular weight excluding hydrogens is 256 g/mol. The van der Waals surface area contributed by atoms with Crippen LogP contribution in [0.5, 0.6) is 0 Å². The maximum absolute atomic E-state index is 4.78. The van der Waals surface area contributed by atoms with Crippen molar-refractivity contribution in [2.24, 2.45) is 0 Å². The Morgan fingerprint density at radius 2 is 2.11 bits per heavy atom. The Hall–Kier alpha value is -1.88. The summed E-state index contributed by atoms with van der Waals surface area (Å²) in [6.07, 6.45) is 1.00. The predicted molar refractivity (Wildman–Crippen MR) is 75.8 cm³/mol. The Morgan fingerprint density at radius 1 is 1.21 bits per heavy atom. The van der Waals surface area contributed by atoms with Gasteiger partial charge < -0.3 is 0 Å². The summed E-state index contributed by atoms with van der Waals surface area (Å²) in [6, 6.07) is 10.4. The third-order valence-corrected chi connectivity index (χ3v) is 4.20. The highest BCUT2D eigenvalue weighted by atomic mass is 32.2. The van der Waals surface area contributed by atoms with Crippen molar-refractivity contribution in [2.75, 3.05) is 5.75 Å². The van der Waals surface area contributed by atoms with Gasteiger partial charge in [0.2, 0.25) is 0 Å². The summed E-state index contributed by atoms with van der Waals surface area (Å²) in [4.78, 5) is 9.24. The number of aromatic nitrogens is 4. The number of para-hydroxylation sites is 1. The topological polar surface area (TPSA) is 43.6 Å². The summed E-state index contributed by atoms with van der Waals surface area (Å²) < 4.78 is 1.88. The number of rotatable bonds is 0. The van der Waals surface area contributed by atoms with Crippen LogP contribution in [-0.2, 0) is 6.42 Å². The SMILES string of the molecule is Cc1nc2n(n1)-c1nc3ccccc3cc1CCS2. The number of thioether (sulfide) groups is 1. The van der Waals surface area contributed by atoms with Crippen LogP contribution in [0.25, 0.3) is 16.7 Å². The van der Waals surface area contributed by atoms with E-state index in [4.69, 9.17) is 4.98 Å². The highest BCUT2D eigenvalue weighted by molar-refractivity contribution is 7.99. The third-order valence-electron chi connectivity index (χ3n) is 3.27. The molecule has 0 bridgehead atoms. The Bertz CT molecular complexity index is 778. The van der Waals surface area contributed by atoms with Crippen molar-refractivity contribution in [1.82, 2.24) is 19.7 Å². The molecule has 4 rings (SSSR count). The molecule has 0 fully saturated rings.